The maximum absolute atomic E-state index is 13.3. The van der Waals surface area contributed by atoms with Gasteiger partial charge in [0, 0.05) is 10.0 Å². The van der Waals surface area contributed by atoms with Gasteiger partial charge in [0.1, 0.15) is 10.9 Å². The zero-order chi connectivity index (χ0) is 24.4. The molecule has 1 N–H and O–H groups in total. The number of halogens is 2. The Morgan fingerprint density at radius 3 is 2.46 bits per heavy atom. The molecule has 0 bridgehead atoms. The molecule has 2 heterocycles. The van der Waals surface area contributed by atoms with Gasteiger partial charge in [0.25, 0.3) is 11.1 Å². The molecule has 1 aliphatic heterocycles. The maximum Gasteiger partial charge on any atom is 0.280 e. The van der Waals surface area contributed by atoms with E-state index in [4.69, 9.17) is 27.6 Å². The van der Waals surface area contributed by atoms with E-state index in [1.54, 1.807) is 30.3 Å². The molecule has 1 aliphatic rings. The number of fused-ring (bicyclic) bond motifs is 1. The summed E-state index contributed by atoms with van der Waals surface area (Å²) in [5.41, 5.74) is 5.80. The Bertz CT molecular complexity index is 1390. The van der Waals surface area contributed by atoms with Crippen LogP contribution in [0.3, 0.4) is 0 Å². The third-order valence-electron chi connectivity index (χ3n) is 5.07. The lowest BCUT2D eigenvalue weighted by atomic mass is 10.2. The third-order valence-corrected chi connectivity index (χ3v) is 7.66. The smallest absolute Gasteiger partial charge is 0.280 e. The van der Waals surface area contributed by atoms with Gasteiger partial charge in [0.2, 0.25) is 5.91 Å². The van der Waals surface area contributed by atoms with E-state index in [0.717, 1.165) is 28.4 Å². The Hall–Kier alpha value is -2.91. The van der Waals surface area contributed by atoms with Crippen LogP contribution in [0, 0.1) is 0 Å². The van der Waals surface area contributed by atoms with Crippen molar-refractivity contribution < 1.29 is 14.0 Å². The number of benzene rings is 3. The zero-order valence-corrected chi connectivity index (χ0v) is 21.1. The number of carbonyl (C=O) groups excluding carboxylic acids is 2. The predicted molar refractivity (Wildman–Crippen MR) is 141 cm³/mol. The first-order valence-electron chi connectivity index (χ1n) is 10.5. The van der Waals surface area contributed by atoms with E-state index in [9.17, 15) is 9.59 Å². The van der Waals surface area contributed by atoms with Gasteiger partial charge < -0.3 is 4.42 Å². The molecule has 5 rings (SSSR count). The average molecular weight is 542 g/mol. The van der Waals surface area contributed by atoms with Crippen molar-refractivity contribution in [3.63, 3.8) is 0 Å². The Kier molecular flexibility index (Phi) is 7.06. The number of nitrogens with zero attached hydrogens (tertiary/aromatic N) is 2. The molecule has 1 fully saturated rings. The van der Waals surface area contributed by atoms with Crippen LogP contribution in [0.4, 0.5) is 0 Å². The SMILES string of the molecule is O=C(CSc1nc2ccccc2o1)NN1C(=O)/C(=C\c2ccc(Cl)cc2)SC1c1ccc(Cl)cc1. The summed E-state index contributed by atoms with van der Waals surface area (Å²) in [4.78, 5) is 31.0. The van der Waals surface area contributed by atoms with Gasteiger partial charge in [-0.05, 0) is 53.6 Å². The van der Waals surface area contributed by atoms with Crippen LogP contribution in [0.25, 0.3) is 17.2 Å². The van der Waals surface area contributed by atoms with Crippen molar-refractivity contribution in [1.82, 2.24) is 15.4 Å². The van der Waals surface area contributed by atoms with Gasteiger partial charge in [-0.15, -0.1) is 0 Å². The van der Waals surface area contributed by atoms with E-state index in [-0.39, 0.29) is 17.6 Å². The van der Waals surface area contributed by atoms with Crippen molar-refractivity contribution in [2.24, 2.45) is 0 Å². The number of hydrogen-bond donors (Lipinski definition) is 1. The van der Waals surface area contributed by atoms with Gasteiger partial charge in [-0.25, -0.2) is 9.99 Å². The van der Waals surface area contributed by atoms with Gasteiger partial charge in [0.05, 0.1) is 10.7 Å². The Morgan fingerprint density at radius 1 is 1.06 bits per heavy atom. The lowest BCUT2D eigenvalue weighted by molar-refractivity contribution is -0.137. The van der Waals surface area contributed by atoms with E-state index in [1.165, 1.54) is 16.8 Å². The lowest BCUT2D eigenvalue weighted by Gasteiger charge is -2.24. The minimum atomic E-state index is -0.448. The molecule has 1 saturated heterocycles. The van der Waals surface area contributed by atoms with Crippen LogP contribution in [0.1, 0.15) is 16.5 Å². The molecule has 2 amide bonds. The number of hydrazine groups is 1. The first-order chi connectivity index (χ1) is 17.0. The summed E-state index contributed by atoms with van der Waals surface area (Å²) >= 11 is 14.5. The molecule has 1 aromatic heterocycles. The number of nitrogens with one attached hydrogen (secondary N) is 1. The van der Waals surface area contributed by atoms with Crippen LogP contribution < -0.4 is 5.43 Å². The molecule has 3 aromatic carbocycles. The summed E-state index contributed by atoms with van der Waals surface area (Å²) in [6, 6.07) is 21.8. The summed E-state index contributed by atoms with van der Waals surface area (Å²) < 4.78 is 5.66. The Morgan fingerprint density at radius 2 is 1.74 bits per heavy atom. The number of aromatic nitrogens is 1. The molecule has 176 valence electrons. The second kappa shape index (κ2) is 10.4. The van der Waals surface area contributed by atoms with E-state index in [0.29, 0.717) is 25.8 Å². The Balaban J connectivity index is 1.34. The van der Waals surface area contributed by atoms with Crippen molar-refractivity contribution in [3.8, 4) is 0 Å². The highest BCUT2D eigenvalue weighted by atomic mass is 35.5. The van der Waals surface area contributed by atoms with E-state index in [1.807, 2.05) is 48.5 Å². The number of para-hydroxylation sites is 2. The number of oxazole rings is 1. The van der Waals surface area contributed by atoms with Crippen LogP contribution in [-0.4, -0.2) is 27.6 Å². The summed E-state index contributed by atoms with van der Waals surface area (Å²) in [6.07, 6.45) is 1.78. The highest BCUT2D eigenvalue weighted by Gasteiger charge is 2.38. The second-order valence-corrected chi connectivity index (χ2v) is 10.4. The summed E-state index contributed by atoms with van der Waals surface area (Å²) in [7, 11) is 0. The first kappa shape index (κ1) is 23.8. The molecule has 1 unspecified atom stereocenters. The van der Waals surface area contributed by atoms with Gasteiger partial charge in [0.15, 0.2) is 5.58 Å². The summed E-state index contributed by atoms with van der Waals surface area (Å²) in [5.74, 6) is -0.617. The van der Waals surface area contributed by atoms with Crippen molar-refractivity contribution in [2.75, 3.05) is 5.75 Å². The number of amides is 2. The van der Waals surface area contributed by atoms with Gasteiger partial charge in [-0.2, -0.15) is 0 Å². The molecule has 35 heavy (non-hydrogen) atoms. The number of thioether (sulfide) groups is 2. The molecule has 6 nitrogen and oxygen atoms in total. The summed E-state index contributed by atoms with van der Waals surface area (Å²) in [6.45, 7) is 0. The number of rotatable bonds is 6. The van der Waals surface area contributed by atoms with E-state index < -0.39 is 5.37 Å². The molecule has 0 spiro atoms. The first-order valence-corrected chi connectivity index (χ1v) is 13.1. The van der Waals surface area contributed by atoms with Crippen LogP contribution in [0.15, 0.2) is 87.3 Å². The van der Waals surface area contributed by atoms with Gasteiger partial charge >= 0.3 is 0 Å². The molecule has 4 aromatic rings. The van der Waals surface area contributed by atoms with E-state index in [2.05, 4.69) is 10.4 Å². The van der Waals surface area contributed by atoms with Crippen molar-refractivity contribution >= 4 is 75.7 Å². The largest absolute Gasteiger partial charge is 0.431 e. The second-order valence-electron chi connectivity index (χ2n) is 7.53. The van der Waals surface area contributed by atoms with Crippen LogP contribution in [0.5, 0.6) is 0 Å². The molecule has 0 saturated carbocycles. The monoisotopic (exact) mass is 541 g/mol. The van der Waals surface area contributed by atoms with Crippen molar-refractivity contribution in [1.29, 1.82) is 0 Å². The Labute approximate surface area is 219 Å². The highest BCUT2D eigenvalue weighted by molar-refractivity contribution is 8.04. The highest BCUT2D eigenvalue weighted by Crippen LogP contribution is 2.45. The number of hydrogen-bond acceptors (Lipinski definition) is 6. The van der Waals surface area contributed by atoms with Crippen molar-refractivity contribution in [2.45, 2.75) is 10.6 Å². The quantitative estimate of drug-likeness (QED) is 0.219. The normalized spacial score (nSPS) is 16.9. The molecule has 0 radical (unpaired) electrons. The van der Waals surface area contributed by atoms with Gasteiger partial charge in [-0.1, -0.05) is 83.1 Å². The fourth-order valence-electron chi connectivity index (χ4n) is 3.42. The molecular weight excluding hydrogens is 525 g/mol. The minimum Gasteiger partial charge on any atom is -0.431 e. The topological polar surface area (TPSA) is 75.4 Å². The van der Waals surface area contributed by atoms with Gasteiger partial charge in [-0.3, -0.25) is 15.0 Å². The number of carbonyl (C=O) groups is 2. The van der Waals surface area contributed by atoms with Crippen LogP contribution in [0.2, 0.25) is 10.0 Å². The fourth-order valence-corrected chi connectivity index (χ4v) is 5.49. The third kappa shape index (κ3) is 5.51. The summed E-state index contributed by atoms with van der Waals surface area (Å²) in [5, 5.41) is 2.50. The average Bonchev–Trinajstić information content (AvgIpc) is 3.41. The minimum absolute atomic E-state index is 0.0326. The fraction of sp³-hybridized carbons (Fsp3) is 0.0800. The van der Waals surface area contributed by atoms with Crippen LogP contribution in [-0.2, 0) is 9.59 Å². The standard InChI is InChI=1S/C25H17Cl2N3O3S2/c26-17-9-5-15(6-10-17)13-21-23(32)30(24(35-21)16-7-11-18(27)12-8-16)29-22(31)14-34-25-28-19-3-1-2-4-20(19)33-25/h1-13,24H,14H2,(H,29,31)/b21-13+. The van der Waals surface area contributed by atoms with E-state index >= 15 is 0 Å². The molecule has 1 atom stereocenters. The molecule has 10 heteroatoms. The predicted octanol–water partition coefficient (Wildman–Crippen LogP) is 6.57. The van der Waals surface area contributed by atoms with Crippen molar-refractivity contribution in [3.05, 3.63) is 98.9 Å². The maximum atomic E-state index is 13.3. The lowest BCUT2D eigenvalue weighted by Crippen LogP contribution is -2.45. The molecular formula is C25H17Cl2N3O3S2. The zero-order valence-electron chi connectivity index (χ0n) is 18.0. The van der Waals surface area contributed by atoms with Crippen LogP contribution >= 0.6 is 46.7 Å². The molecule has 0 aliphatic carbocycles.